The maximum atomic E-state index is 12.3. The normalized spacial score (nSPS) is 18.6. The molecule has 1 aliphatic heterocycles. The van der Waals surface area contributed by atoms with Crippen LogP contribution < -0.4 is 5.32 Å². The SMILES string of the molecule is O=C(NCCCCN1CCCC1CO)c1cccc2[nH]ccc12. The Morgan fingerprint density at radius 1 is 1.35 bits per heavy atom. The maximum Gasteiger partial charge on any atom is 0.251 e. The van der Waals surface area contributed by atoms with Gasteiger partial charge in [0.1, 0.15) is 0 Å². The van der Waals surface area contributed by atoms with Crippen molar-refractivity contribution in [1.82, 2.24) is 15.2 Å². The lowest BCUT2D eigenvalue weighted by Crippen LogP contribution is -2.33. The molecule has 0 radical (unpaired) electrons. The van der Waals surface area contributed by atoms with Crippen molar-refractivity contribution < 1.29 is 9.90 Å². The number of nitrogens with zero attached hydrogens (tertiary/aromatic N) is 1. The number of aromatic amines is 1. The molecule has 1 saturated heterocycles. The van der Waals surface area contributed by atoms with Gasteiger partial charge in [-0.15, -0.1) is 0 Å². The Hall–Kier alpha value is -1.85. The van der Waals surface area contributed by atoms with Crippen LogP contribution in [0.2, 0.25) is 0 Å². The van der Waals surface area contributed by atoms with E-state index in [1.807, 2.05) is 30.5 Å². The van der Waals surface area contributed by atoms with Crippen LogP contribution in [0.25, 0.3) is 10.9 Å². The second-order valence-electron chi connectivity index (χ2n) is 6.22. The van der Waals surface area contributed by atoms with E-state index in [0.717, 1.165) is 48.8 Å². The summed E-state index contributed by atoms with van der Waals surface area (Å²) in [6, 6.07) is 8.01. The smallest absolute Gasteiger partial charge is 0.251 e. The van der Waals surface area contributed by atoms with Gasteiger partial charge in [-0.05, 0) is 57.0 Å². The second kappa shape index (κ2) is 7.62. The number of hydrogen-bond acceptors (Lipinski definition) is 3. The minimum Gasteiger partial charge on any atom is -0.395 e. The van der Waals surface area contributed by atoms with Gasteiger partial charge in [-0.25, -0.2) is 0 Å². The lowest BCUT2D eigenvalue weighted by molar-refractivity contribution is 0.0954. The van der Waals surface area contributed by atoms with E-state index in [1.165, 1.54) is 6.42 Å². The third kappa shape index (κ3) is 3.74. The number of benzene rings is 1. The first-order valence-corrected chi connectivity index (χ1v) is 8.49. The first-order valence-electron chi connectivity index (χ1n) is 8.49. The van der Waals surface area contributed by atoms with Crippen molar-refractivity contribution in [2.75, 3.05) is 26.2 Å². The fourth-order valence-electron chi connectivity index (χ4n) is 3.42. The van der Waals surface area contributed by atoms with Crippen LogP contribution in [0.4, 0.5) is 0 Å². The summed E-state index contributed by atoms with van der Waals surface area (Å²) in [5.74, 6) is -0.00962. The van der Waals surface area contributed by atoms with Gasteiger partial charge in [-0.3, -0.25) is 9.69 Å². The molecule has 1 aromatic heterocycles. The lowest BCUT2D eigenvalue weighted by atomic mass is 10.1. The molecule has 1 unspecified atom stereocenters. The molecule has 23 heavy (non-hydrogen) atoms. The van der Waals surface area contributed by atoms with Crippen molar-refractivity contribution in [3.05, 3.63) is 36.0 Å². The molecule has 0 aliphatic carbocycles. The van der Waals surface area contributed by atoms with Crippen LogP contribution in [0.3, 0.4) is 0 Å². The summed E-state index contributed by atoms with van der Waals surface area (Å²) in [5, 5.41) is 13.3. The van der Waals surface area contributed by atoms with Gasteiger partial charge < -0.3 is 15.4 Å². The zero-order valence-corrected chi connectivity index (χ0v) is 13.4. The average Bonchev–Trinajstić information content (AvgIpc) is 3.22. The van der Waals surface area contributed by atoms with E-state index in [2.05, 4.69) is 15.2 Å². The fraction of sp³-hybridized carbons (Fsp3) is 0.500. The number of H-pyrrole nitrogens is 1. The first kappa shape index (κ1) is 16.0. The largest absolute Gasteiger partial charge is 0.395 e. The van der Waals surface area contributed by atoms with E-state index in [1.54, 1.807) is 0 Å². The van der Waals surface area contributed by atoms with Gasteiger partial charge in [0.05, 0.1) is 6.61 Å². The molecule has 0 saturated carbocycles. The Balaban J connectivity index is 1.42. The Morgan fingerprint density at radius 3 is 3.13 bits per heavy atom. The molecule has 1 aromatic carbocycles. The Morgan fingerprint density at radius 2 is 2.26 bits per heavy atom. The highest BCUT2D eigenvalue weighted by molar-refractivity contribution is 6.06. The van der Waals surface area contributed by atoms with Gasteiger partial charge in [-0.1, -0.05) is 6.07 Å². The Bertz CT molecular complexity index is 653. The third-order valence-electron chi connectivity index (χ3n) is 4.71. The van der Waals surface area contributed by atoms with Crippen molar-refractivity contribution in [2.24, 2.45) is 0 Å². The minimum atomic E-state index is -0.00962. The number of carbonyl (C=O) groups excluding carboxylic acids is 1. The number of nitrogens with one attached hydrogen (secondary N) is 2. The van der Waals surface area contributed by atoms with E-state index >= 15 is 0 Å². The fourth-order valence-corrected chi connectivity index (χ4v) is 3.42. The predicted octanol–water partition coefficient (Wildman–Crippen LogP) is 2.13. The summed E-state index contributed by atoms with van der Waals surface area (Å²) >= 11 is 0. The molecule has 1 amide bonds. The van der Waals surface area contributed by atoms with E-state index in [0.29, 0.717) is 12.6 Å². The van der Waals surface area contributed by atoms with Gasteiger partial charge in [0.25, 0.3) is 5.91 Å². The summed E-state index contributed by atoms with van der Waals surface area (Å²) in [6.45, 7) is 3.05. The number of aliphatic hydroxyl groups is 1. The number of aliphatic hydroxyl groups excluding tert-OH is 1. The van der Waals surface area contributed by atoms with E-state index in [-0.39, 0.29) is 12.5 Å². The van der Waals surface area contributed by atoms with Crippen molar-refractivity contribution >= 4 is 16.8 Å². The molecule has 2 aromatic rings. The van der Waals surface area contributed by atoms with Crippen LogP contribution in [-0.4, -0.2) is 53.2 Å². The van der Waals surface area contributed by atoms with E-state index in [9.17, 15) is 9.90 Å². The van der Waals surface area contributed by atoms with Crippen molar-refractivity contribution in [3.63, 3.8) is 0 Å². The molecule has 5 heteroatoms. The molecule has 124 valence electrons. The van der Waals surface area contributed by atoms with Crippen LogP contribution in [0, 0.1) is 0 Å². The number of amides is 1. The molecule has 0 spiro atoms. The molecular weight excluding hydrogens is 290 g/mol. The van der Waals surface area contributed by atoms with Gasteiger partial charge in [0.15, 0.2) is 0 Å². The van der Waals surface area contributed by atoms with Crippen molar-refractivity contribution in [2.45, 2.75) is 31.7 Å². The highest BCUT2D eigenvalue weighted by atomic mass is 16.3. The molecule has 5 nitrogen and oxygen atoms in total. The zero-order valence-electron chi connectivity index (χ0n) is 13.4. The monoisotopic (exact) mass is 315 g/mol. The molecule has 2 heterocycles. The minimum absolute atomic E-state index is 0.00962. The Labute approximate surface area is 136 Å². The van der Waals surface area contributed by atoms with Crippen LogP contribution in [0.15, 0.2) is 30.5 Å². The highest BCUT2D eigenvalue weighted by Crippen LogP contribution is 2.18. The first-order chi connectivity index (χ1) is 11.3. The summed E-state index contributed by atoms with van der Waals surface area (Å²) in [6.07, 6.45) is 6.15. The molecule has 3 rings (SSSR count). The Kier molecular flexibility index (Phi) is 5.31. The van der Waals surface area contributed by atoms with Crippen LogP contribution in [0.5, 0.6) is 0 Å². The van der Waals surface area contributed by atoms with Crippen LogP contribution in [0.1, 0.15) is 36.0 Å². The van der Waals surface area contributed by atoms with E-state index < -0.39 is 0 Å². The van der Waals surface area contributed by atoms with E-state index in [4.69, 9.17) is 0 Å². The number of carbonyl (C=O) groups is 1. The predicted molar refractivity (Wildman–Crippen MR) is 91.5 cm³/mol. The summed E-state index contributed by atoms with van der Waals surface area (Å²) in [7, 11) is 0. The average molecular weight is 315 g/mol. The van der Waals surface area contributed by atoms with Crippen molar-refractivity contribution in [1.29, 1.82) is 0 Å². The number of likely N-dealkylation sites (tertiary alicyclic amines) is 1. The van der Waals surface area contributed by atoms with Crippen LogP contribution >= 0.6 is 0 Å². The molecule has 1 atom stereocenters. The number of hydrogen-bond donors (Lipinski definition) is 3. The molecule has 3 N–H and O–H groups in total. The van der Waals surface area contributed by atoms with Crippen LogP contribution in [-0.2, 0) is 0 Å². The molecule has 0 bridgehead atoms. The summed E-state index contributed by atoms with van der Waals surface area (Å²) < 4.78 is 0. The second-order valence-corrected chi connectivity index (χ2v) is 6.22. The summed E-state index contributed by atoms with van der Waals surface area (Å²) in [5.41, 5.74) is 1.71. The molecule has 1 fully saturated rings. The quantitative estimate of drug-likeness (QED) is 0.686. The third-order valence-corrected chi connectivity index (χ3v) is 4.71. The number of aromatic nitrogens is 1. The topological polar surface area (TPSA) is 68.4 Å². The van der Waals surface area contributed by atoms with Gasteiger partial charge in [0, 0.05) is 35.2 Å². The van der Waals surface area contributed by atoms with Gasteiger partial charge >= 0.3 is 0 Å². The highest BCUT2D eigenvalue weighted by Gasteiger charge is 2.22. The van der Waals surface area contributed by atoms with Gasteiger partial charge in [0.2, 0.25) is 0 Å². The summed E-state index contributed by atoms with van der Waals surface area (Å²) in [4.78, 5) is 17.8. The molecule has 1 aliphatic rings. The maximum absolute atomic E-state index is 12.3. The van der Waals surface area contributed by atoms with Gasteiger partial charge in [-0.2, -0.15) is 0 Å². The number of rotatable bonds is 7. The molecular formula is C18H25N3O2. The number of fused-ring (bicyclic) bond motifs is 1. The standard InChI is InChI=1S/C18H25N3O2/c22-13-14-5-4-12-21(14)11-2-1-9-20-18(23)16-6-3-7-17-15(16)8-10-19-17/h3,6-8,10,14,19,22H,1-2,4-5,9,11-13H2,(H,20,23). The number of unbranched alkanes of at least 4 members (excludes halogenated alkanes) is 1. The lowest BCUT2D eigenvalue weighted by Gasteiger charge is -2.22. The zero-order chi connectivity index (χ0) is 16.1. The van der Waals surface area contributed by atoms with Crippen molar-refractivity contribution in [3.8, 4) is 0 Å².